The molecule has 0 radical (unpaired) electrons. The van der Waals surface area contributed by atoms with Crippen LogP contribution in [0.2, 0.25) is 0 Å². The van der Waals surface area contributed by atoms with Crippen molar-refractivity contribution in [1.29, 1.82) is 0 Å². The lowest BCUT2D eigenvalue weighted by Gasteiger charge is -2.20. The van der Waals surface area contributed by atoms with Gasteiger partial charge in [-0.3, -0.25) is 9.10 Å². The summed E-state index contributed by atoms with van der Waals surface area (Å²) in [5.74, 6) is 0.847. The van der Waals surface area contributed by atoms with E-state index in [1.165, 1.54) is 23.5 Å². The molecule has 0 spiro atoms. The van der Waals surface area contributed by atoms with Gasteiger partial charge in [-0.1, -0.05) is 24.3 Å². The zero-order valence-corrected chi connectivity index (χ0v) is 19.2. The number of amides is 1. The molecule has 0 aliphatic rings. The third-order valence-corrected chi connectivity index (χ3v) is 6.91. The van der Waals surface area contributed by atoms with E-state index >= 15 is 0 Å². The van der Waals surface area contributed by atoms with Crippen molar-refractivity contribution in [3.05, 3.63) is 83.9 Å². The van der Waals surface area contributed by atoms with E-state index in [0.29, 0.717) is 17.2 Å². The highest BCUT2D eigenvalue weighted by atomic mass is 32.2. The van der Waals surface area contributed by atoms with Gasteiger partial charge in [0.1, 0.15) is 11.5 Å². The summed E-state index contributed by atoms with van der Waals surface area (Å²) < 4.78 is 38.0. The highest BCUT2D eigenvalue weighted by Crippen LogP contribution is 2.29. The lowest BCUT2D eigenvalue weighted by atomic mass is 10.1. The summed E-state index contributed by atoms with van der Waals surface area (Å²) in [6.45, 7) is 1.82. The van der Waals surface area contributed by atoms with Gasteiger partial charge in [-0.25, -0.2) is 8.42 Å². The smallest absolute Gasteiger partial charge is 0.264 e. The number of nitrogens with one attached hydrogen (secondary N) is 1. The summed E-state index contributed by atoms with van der Waals surface area (Å²) in [7, 11) is 0.765. The molecule has 8 heteroatoms. The van der Waals surface area contributed by atoms with Crippen molar-refractivity contribution in [2.75, 3.05) is 25.6 Å². The number of methoxy groups -OCH3 is 2. The van der Waals surface area contributed by atoms with E-state index in [-0.39, 0.29) is 10.5 Å². The number of ether oxygens (including phenoxy) is 2. The largest absolute Gasteiger partial charge is 0.497 e. The number of carbonyl (C=O) groups is 1. The average Bonchev–Trinajstić information content (AvgIpc) is 2.83. The maximum Gasteiger partial charge on any atom is 0.264 e. The van der Waals surface area contributed by atoms with Crippen molar-refractivity contribution in [3.8, 4) is 11.5 Å². The first kappa shape index (κ1) is 23.1. The fourth-order valence-electron chi connectivity index (χ4n) is 3.27. The number of carbonyl (C=O) groups excluding carboxylic acids is 1. The number of nitrogens with zero attached hydrogens (tertiary/aromatic N) is 1. The fourth-order valence-corrected chi connectivity index (χ4v) is 4.51. The predicted molar refractivity (Wildman–Crippen MR) is 124 cm³/mol. The number of benzene rings is 3. The van der Waals surface area contributed by atoms with Crippen LogP contribution in [0.15, 0.2) is 77.7 Å². The monoisotopic (exact) mass is 454 g/mol. The van der Waals surface area contributed by atoms with E-state index < -0.39 is 22.0 Å². The Morgan fingerprint density at radius 2 is 1.66 bits per heavy atom. The number of anilines is 1. The first-order valence-electron chi connectivity index (χ1n) is 9.94. The third kappa shape index (κ3) is 4.86. The number of hydrogen-bond donors (Lipinski definition) is 1. The third-order valence-electron chi connectivity index (χ3n) is 5.13. The molecular formula is C24H26N2O5S. The summed E-state index contributed by atoms with van der Waals surface area (Å²) in [5, 5.41) is 2.90. The van der Waals surface area contributed by atoms with Crippen LogP contribution in [0.4, 0.5) is 5.69 Å². The molecule has 3 rings (SSSR count). The Morgan fingerprint density at radius 3 is 2.31 bits per heavy atom. The molecule has 0 heterocycles. The normalized spacial score (nSPS) is 12.0. The van der Waals surface area contributed by atoms with Gasteiger partial charge in [-0.2, -0.15) is 0 Å². The van der Waals surface area contributed by atoms with Gasteiger partial charge in [0.05, 0.1) is 30.8 Å². The standard InChI is InChI=1S/C24H26N2O5S/c1-17(22-16-20(30-3)13-14-23(22)31-4)25-24(27)18-9-8-12-21(15-18)32(28,29)26(2)19-10-6-5-7-11-19/h5-17H,1-4H3,(H,25,27)/t17-/m1/s1. The molecule has 7 nitrogen and oxygen atoms in total. The zero-order valence-electron chi connectivity index (χ0n) is 18.4. The number of rotatable bonds is 8. The van der Waals surface area contributed by atoms with Crippen LogP contribution in [0, 0.1) is 0 Å². The minimum atomic E-state index is -3.83. The van der Waals surface area contributed by atoms with Gasteiger partial charge < -0.3 is 14.8 Å². The van der Waals surface area contributed by atoms with Crippen LogP contribution >= 0.6 is 0 Å². The summed E-state index contributed by atoms with van der Waals surface area (Å²) >= 11 is 0. The highest BCUT2D eigenvalue weighted by molar-refractivity contribution is 7.92. The van der Waals surface area contributed by atoms with Gasteiger partial charge in [-0.15, -0.1) is 0 Å². The number of hydrogen-bond acceptors (Lipinski definition) is 5. The molecule has 0 bridgehead atoms. The van der Waals surface area contributed by atoms with Crippen LogP contribution in [0.1, 0.15) is 28.9 Å². The fraction of sp³-hybridized carbons (Fsp3) is 0.208. The lowest BCUT2D eigenvalue weighted by Crippen LogP contribution is -2.28. The van der Waals surface area contributed by atoms with E-state index in [4.69, 9.17) is 9.47 Å². The lowest BCUT2D eigenvalue weighted by molar-refractivity contribution is 0.0939. The van der Waals surface area contributed by atoms with E-state index in [1.54, 1.807) is 68.8 Å². The molecule has 32 heavy (non-hydrogen) atoms. The second-order valence-electron chi connectivity index (χ2n) is 7.14. The molecule has 168 valence electrons. The van der Waals surface area contributed by atoms with E-state index in [9.17, 15) is 13.2 Å². The van der Waals surface area contributed by atoms with Crippen LogP contribution in [-0.4, -0.2) is 35.6 Å². The first-order valence-corrected chi connectivity index (χ1v) is 11.4. The van der Waals surface area contributed by atoms with E-state index in [0.717, 1.165) is 5.56 Å². The average molecular weight is 455 g/mol. The van der Waals surface area contributed by atoms with Gasteiger partial charge >= 0.3 is 0 Å². The van der Waals surface area contributed by atoms with Crippen molar-refractivity contribution in [2.45, 2.75) is 17.9 Å². The molecule has 0 aromatic heterocycles. The molecule has 1 N–H and O–H groups in total. The van der Waals surface area contributed by atoms with Crippen LogP contribution in [-0.2, 0) is 10.0 Å². The van der Waals surface area contributed by atoms with Crippen molar-refractivity contribution in [3.63, 3.8) is 0 Å². The second-order valence-corrected chi connectivity index (χ2v) is 9.11. The van der Waals surface area contributed by atoms with Crippen LogP contribution in [0.5, 0.6) is 11.5 Å². The molecule has 1 amide bonds. The predicted octanol–water partition coefficient (Wildman–Crippen LogP) is 4.02. The highest BCUT2D eigenvalue weighted by Gasteiger charge is 2.23. The molecule has 0 aliphatic heterocycles. The molecule has 0 aliphatic carbocycles. The molecule has 0 fully saturated rings. The van der Waals surface area contributed by atoms with Gasteiger partial charge in [0.15, 0.2) is 0 Å². The van der Waals surface area contributed by atoms with Gasteiger partial charge in [0, 0.05) is 18.2 Å². The Labute approximate surface area is 188 Å². The number of para-hydroxylation sites is 1. The zero-order chi connectivity index (χ0) is 23.3. The van der Waals surface area contributed by atoms with Crippen molar-refractivity contribution >= 4 is 21.6 Å². The minimum absolute atomic E-state index is 0.0307. The van der Waals surface area contributed by atoms with Gasteiger partial charge in [-0.05, 0) is 55.5 Å². The van der Waals surface area contributed by atoms with Crippen LogP contribution in [0.3, 0.4) is 0 Å². The molecule has 3 aromatic rings. The Balaban J connectivity index is 1.84. The van der Waals surface area contributed by atoms with E-state index in [1.807, 2.05) is 13.0 Å². The van der Waals surface area contributed by atoms with Crippen molar-refractivity contribution < 1.29 is 22.7 Å². The summed E-state index contributed by atoms with van der Waals surface area (Å²) in [6, 6.07) is 19.7. The quantitative estimate of drug-likeness (QED) is 0.556. The molecule has 1 atom stereocenters. The molecule has 0 saturated heterocycles. The van der Waals surface area contributed by atoms with Crippen LogP contribution in [0.25, 0.3) is 0 Å². The summed E-state index contributed by atoms with van der Waals surface area (Å²) in [5.41, 5.74) is 1.51. The van der Waals surface area contributed by atoms with E-state index in [2.05, 4.69) is 5.32 Å². The number of sulfonamides is 1. The van der Waals surface area contributed by atoms with Crippen molar-refractivity contribution in [1.82, 2.24) is 5.32 Å². The Morgan fingerprint density at radius 1 is 0.938 bits per heavy atom. The molecular weight excluding hydrogens is 428 g/mol. The minimum Gasteiger partial charge on any atom is -0.497 e. The van der Waals surface area contributed by atoms with Crippen molar-refractivity contribution in [2.24, 2.45) is 0 Å². The molecule has 0 unspecified atom stereocenters. The maximum atomic E-state index is 13.1. The first-order chi connectivity index (χ1) is 15.3. The van der Waals surface area contributed by atoms with Gasteiger partial charge in [0.2, 0.25) is 0 Å². The summed E-state index contributed by atoms with van der Waals surface area (Å²) in [4.78, 5) is 12.9. The Bertz CT molecular complexity index is 1200. The molecule has 0 saturated carbocycles. The van der Waals surface area contributed by atoms with Crippen LogP contribution < -0.4 is 19.1 Å². The Hall–Kier alpha value is -3.52. The maximum absolute atomic E-state index is 13.1. The molecule has 3 aromatic carbocycles. The SMILES string of the molecule is COc1ccc(OC)c([C@@H](C)NC(=O)c2cccc(S(=O)(=O)N(C)c3ccccc3)c2)c1. The second kappa shape index (κ2) is 9.74. The topological polar surface area (TPSA) is 84.9 Å². The Kier molecular flexibility index (Phi) is 7.05. The summed E-state index contributed by atoms with van der Waals surface area (Å²) in [6.07, 6.45) is 0. The van der Waals surface area contributed by atoms with Gasteiger partial charge in [0.25, 0.3) is 15.9 Å².